The quantitative estimate of drug-likeness (QED) is 0.919. The van der Waals surface area contributed by atoms with E-state index >= 15 is 0 Å². The third-order valence-electron chi connectivity index (χ3n) is 4.65. The number of fused-ring (bicyclic) bond motifs is 3. The molecule has 1 aromatic carbocycles. The molecular weight excluding hydrogens is 300 g/mol. The van der Waals surface area contributed by atoms with E-state index in [0.29, 0.717) is 5.92 Å². The highest BCUT2D eigenvalue weighted by molar-refractivity contribution is 6.05. The lowest BCUT2D eigenvalue weighted by Gasteiger charge is -2.32. The summed E-state index contributed by atoms with van der Waals surface area (Å²) < 4.78 is 1.88. The maximum atomic E-state index is 12.8. The van der Waals surface area contributed by atoms with Gasteiger partial charge in [0.2, 0.25) is 0 Å². The predicted molar refractivity (Wildman–Crippen MR) is 88.5 cm³/mol. The Labute approximate surface area is 136 Å². The number of aromatic nitrogens is 2. The number of carbonyl (C=O) groups is 1. The Morgan fingerprint density at radius 1 is 1.18 bits per heavy atom. The second-order valence-electron chi connectivity index (χ2n) is 6.03. The largest absolute Gasteiger partial charge is 0.335 e. The molecule has 5 nitrogen and oxygen atoms in total. The first kappa shape index (κ1) is 15.3. The molecule has 118 valence electrons. The molecule has 0 spiro atoms. The van der Waals surface area contributed by atoms with E-state index in [1.165, 1.54) is 12.8 Å². The number of amides is 1. The van der Waals surface area contributed by atoms with Gasteiger partial charge in [0.05, 0.1) is 12.1 Å². The Kier molecular flexibility index (Phi) is 4.36. The number of nitrogens with zero attached hydrogens (tertiary/aromatic N) is 3. The molecule has 0 unspecified atom stereocenters. The van der Waals surface area contributed by atoms with E-state index in [1.54, 1.807) is 0 Å². The van der Waals surface area contributed by atoms with E-state index < -0.39 is 0 Å². The lowest BCUT2D eigenvalue weighted by Crippen LogP contribution is -2.44. The van der Waals surface area contributed by atoms with Gasteiger partial charge in [-0.05, 0) is 37.9 Å². The van der Waals surface area contributed by atoms with Crippen molar-refractivity contribution in [2.45, 2.75) is 19.4 Å². The highest BCUT2D eigenvalue weighted by Crippen LogP contribution is 2.24. The molecule has 4 rings (SSSR count). The van der Waals surface area contributed by atoms with E-state index in [4.69, 9.17) is 0 Å². The highest BCUT2D eigenvalue weighted by Gasteiger charge is 2.29. The molecule has 0 aliphatic carbocycles. The van der Waals surface area contributed by atoms with Crippen LogP contribution in [0.25, 0.3) is 10.9 Å². The van der Waals surface area contributed by atoms with Crippen molar-refractivity contribution in [2.75, 3.05) is 26.2 Å². The average Bonchev–Trinajstić information content (AvgIpc) is 2.90. The van der Waals surface area contributed by atoms with Crippen molar-refractivity contribution in [2.24, 2.45) is 5.92 Å². The van der Waals surface area contributed by atoms with Crippen molar-refractivity contribution < 1.29 is 4.79 Å². The lowest BCUT2D eigenvalue weighted by atomic mass is 9.97. The van der Waals surface area contributed by atoms with Gasteiger partial charge in [0.25, 0.3) is 5.91 Å². The molecule has 22 heavy (non-hydrogen) atoms. The number of hydrogen-bond donors (Lipinski definition) is 1. The number of rotatable bonds is 2. The Bertz CT molecular complexity index is 678. The first-order valence-corrected chi connectivity index (χ1v) is 7.78. The molecule has 0 atom stereocenters. The molecule has 1 saturated heterocycles. The number of piperidine rings is 1. The summed E-state index contributed by atoms with van der Waals surface area (Å²) in [5.41, 5.74) is 1.69. The highest BCUT2D eigenvalue weighted by atomic mass is 35.5. The van der Waals surface area contributed by atoms with E-state index in [1.807, 2.05) is 33.8 Å². The van der Waals surface area contributed by atoms with Gasteiger partial charge < -0.3 is 10.2 Å². The summed E-state index contributed by atoms with van der Waals surface area (Å²) in [6.07, 6.45) is 2.34. The molecule has 0 radical (unpaired) electrons. The SMILES string of the molecule is Cl.O=C1c2c3ccccc3nn2CCN1CC1CCNCC1. The summed E-state index contributed by atoms with van der Waals surface area (Å²) in [5, 5.41) is 8.91. The first-order chi connectivity index (χ1) is 10.3. The van der Waals surface area contributed by atoms with E-state index in [2.05, 4.69) is 10.4 Å². The number of halogens is 1. The Hall–Kier alpha value is -1.59. The minimum atomic E-state index is 0. The summed E-state index contributed by atoms with van der Waals surface area (Å²) in [6.45, 7) is 4.63. The molecule has 2 aromatic rings. The van der Waals surface area contributed by atoms with Crippen molar-refractivity contribution in [3.05, 3.63) is 30.0 Å². The van der Waals surface area contributed by atoms with Crippen LogP contribution in [0.5, 0.6) is 0 Å². The van der Waals surface area contributed by atoms with Crippen LogP contribution in [-0.4, -0.2) is 46.8 Å². The van der Waals surface area contributed by atoms with Crippen LogP contribution in [0.15, 0.2) is 24.3 Å². The molecule has 1 fully saturated rings. The fourth-order valence-corrected chi connectivity index (χ4v) is 3.48. The van der Waals surface area contributed by atoms with Crippen molar-refractivity contribution >= 4 is 29.2 Å². The van der Waals surface area contributed by atoms with Gasteiger partial charge in [0.1, 0.15) is 5.69 Å². The third-order valence-corrected chi connectivity index (χ3v) is 4.65. The van der Waals surface area contributed by atoms with Gasteiger partial charge in [-0.25, -0.2) is 0 Å². The van der Waals surface area contributed by atoms with Crippen LogP contribution in [0.3, 0.4) is 0 Å². The van der Waals surface area contributed by atoms with Crippen LogP contribution >= 0.6 is 12.4 Å². The number of carbonyl (C=O) groups excluding carboxylic acids is 1. The molecule has 2 aliphatic rings. The van der Waals surface area contributed by atoms with Crippen molar-refractivity contribution in [3.8, 4) is 0 Å². The molecule has 0 saturated carbocycles. The zero-order valence-electron chi connectivity index (χ0n) is 12.5. The molecule has 1 amide bonds. The lowest BCUT2D eigenvalue weighted by molar-refractivity contribution is 0.0657. The van der Waals surface area contributed by atoms with Gasteiger partial charge in [0.15, 0.2) is 0 Å². The summed E-state index contributed by atoms with van der Waals surface area (Å²) in [5.74, 6) is 0.782. The molecule has 1 N–H and O–H groups in total. The maximum absolute atomic E-state index is 12.8. The first-order valence-electron chi connectivity index (χ1n) is 7.78. The summed E-state index contributed by atoms with van der Waals surface area (Å²) in [4.78, 5) is 14.8. The predicted octanol–water partition coefficient (Wildman–Crippen LogP) is 1.91. The smallest absolute Gasteiger partial charge is 0.272 e. The van der Waals surface area contributed by atoms with E-state index in [-0.39, 0.29) is 18.3 Å². The summed E-state index contributed by atoms with van der Waals surface area (Å²) >= 11 is 0. The standard InChI is InChI=1S/C16H20N4O.ClH/c21-16-15-13-3-1-2-4-14(13)18-20(15)10-9-19(16)11-12-5-7-17-8-6-12;/h1-4,12,17H,5-11H2;1H. The minimum Gasteiger partial charge on any atom is -0.335 e. The Morgan fingerprint density at radius 2 is 1.95 bits per heavy atom. The van der Waals surface area contributed by atoms with Gasteiger partial charge in [-0.2, -0.15) is 5.10 Å². The zero-order valence-corrected chi connectivity index (χ0v) is 13.3. The van der Waals surface area contributed by atoms with E-state index in [0.717, 1.165) is 49.3 Å². The monoisotopic (exact) mass is 320 g/mol. The Morgan fingerprint density at radius 3 is 2.77 bits per heavy atom. The normalized spacial score (nSPS) is 19.1. The van der Waals surface area contributed by atoms with Crippen molar-refractivity contribution in [1.29, 1.82) is 0 Å². The molecule has 0 bridgehead atoms. The maximum Gasteiger partial charge on any atom is 0.272 e. The second kappa shape index (κ2) is 6.26. The molecule has 6 heteroatoms. The third kappa shape index (κ3) is 2.59. The number of benzene rings is 1. The molecule has 1 aromatic heterocycles. The van der Waals surface area contributed by atoms with Gasteiger partial charge in [-0.1, -0.05) is 18.2 Å². The number of hydrogen-bond acceptors (Lipinski definition) is 3. The van der Waals surface area contributed by atoms with Crippen LogP contribution in [0, 0.1) is 5.92 Å². The minimum absolute atomic E-state index is 0. The van der Waals surface area contributed by atoms with Crippen molar-refractivity contribution in [3.63, 3.8) is 0 Å². The van der Waals surface area contributed by atoms with Crippen molar-refractivity contribution in [1.82, 2.24) is 20.0 Å². The molecular formula is C16H21ClN4O. The van der Waals surface area contributed by atoms with E-state index in [9.17, 15) is 4.79 Å². The van der Waals surface area contributed by atoms with Gasteiger partial charge in [-0.3, -0.25) is 9.48 Å². The average molecular weight is 321 g/mol. The van der Waals surface area contributed by atoms with Gasteiger partial charge in [0, 0.05) is 18.5 Å². The molecule has 2 aliphatic heterocycles. The van der Waals surface area contributed by atoms with Gasteiger partial charge in [-0.15, -0.1) is 12.4 Å². The van der Waals surface area contributed by atoms with Crippen LogP contribution in [0.1, 0.15) is 23.3 Å². The summed E-state index contributed by atoms with van der Waals surface area (Å²) in [7, 11) is 0. The van der Waals surface area contributed by atoms with Crippen LogP contribution in [0.2, 0.25) is 0 Å². The fraction of sp³-hybridized carbons (Fsp3) is 0.500. The number of nitrogens with one attached hydrogen (secondary N) is 1. The van der Waals surface area contributed by atoms with Gasteiger partial charge >= 0.3 is 0 Å². The second-order valence-corrected chi connectivity index (χ2v) is 6.03. The van der Waals surface area contributed by atoms with Crippen LogP contribution in [-0.2, 0) is 6.54 Å². The molecule has 3 heterocycles. The van der Waals surface area contributed by atoms with Crippen LogP contribution in [0.4, 0.5) is 0 Å². The fourth-order valence-electron chi connectivity index (χ4n) is 3.48. The van der Waals surface area contributed by atoms with Crippen LogP contribution < -0.4 is 5.32 Å². The zero-order chi connectivity index (χ0) is 14.2. The summed E-state index contributed by atoms with van der Waals surface area (Å²) in [6, 6.07) is 7.92. The Balaban J connectivity index is 0.00000144. The topological polar surface area (TPSA) is 50.2 Å².